The third-order valence-electron chi connectivity index (χ3n) is 10.6. The summed E-state index contributed by atoms with van der Waals surface area (Å²) in [5.74, 6) is 0.927. The van der Waals surface area contributed by atoms with Crippen molar-refractivity contribution in [3.05, 3.63) is 17.0 Å². The molecule has 0 aliphatic rings. The van der Waals surface area contributed by atoms with Gasteiger partial charge in [0.15, 0.2) is 0 Å². The van der Waals surface area contributed by atoms with Gasteiger partial charge >= 0.3 is 224 Å². The van der Waals surface area contributed by atoms with E-state index < -0.39 is 18.4 Å². The minimum absolute atomic E-state index is 0.927. The summed E-state index contributed by atoms with van der Waals surface area (Å²) in [7, 11) is 0. The van der Waals surface area contributed by atoms with E-state index in [2.05, 4.69) is 58.1 Å². The predicted octanol–water partition coefficient (Wildman–Crippen LogP) is 15.6. The van der Waals surface area contributed by atoms with Gasteiger partial charge in [-0.3, -0.25) is 0 Å². The Labute approximate surface area is 288 Å². The quantitative estimate of drug-likeness (QED) is 0.0488. The van der Waals surface area contributed by atoms with Crippen molar-refractivity contribution < 1.29 is 0 Å². The molecule has 0 fully saturated rings. The third-order valence-corrected chi connectivity index (χ3v) is 30.0. The molecule has 0 atom stereocenters. The summed E-state index contributed by atoms with van der Waals surface area (Å²) in [6.45, 7) is 11.9. The van der Waals surface area contributed by atoms with Crippen molar-refractivity contribution >= 4 is 32.6 Å². The van der Waals surface area contributed by atoms with Crippen molar-refractivity contribution in [3.63, 3.8) is 0 Å². The van der Waals surface area contributed by atoms with E-state index in [0.717, 1.165) is 5.92 Å². The summed E-state index contributed by atoms with van der Waals surface area (Å²) in [6.07, 6.45) is 42.1. The van der Waals surface area contributed by atoms with Crippen LogP contribution in [0.5, 0.6) is 0 Å². The number of hydrogen-bond acceptors (Lipinski definition) is 1. The van der Waals surface area contributed by atoms with Crippen molar-refractivity contribution in [2.24, 2.45) is 5.92 Å². The van der Waals surface area contributed by atoms with Gasteiger partial charge in [-0.1, -0.05) is 65.2 Å². The molecule has 1 rings (SSSR count). The Hall–Kier alpha value is 0.499. The van der Waals surface area contributed by atoms with Gasteiger partial charge in [-0.05, 0) is 0 Å². The summed E-state index contributed by atoms with van der Waals surface area (Å²) >= 11 is 0.0472. The average Bonchev–Trinajstić information content (AvgIpc) is 3.51. The first-order valence-corrected chi connectivity index (χ1v) is 29.0. The molecule has 0 bridgehead atoms. The van der Waals surface area contributed by atoms with E-state index in [1.807, 2.05) is 2.89 Å². The molecule has 0 radical (unpaired) electrons. The van der Waals surface area contributed by atoms with E-state index >= 15 is 0 Å². The number of thiophene rings is 1. The standard InChI is InChI=1S/C30H55S.3C4H9.Sn/c1-3-5-7-9-11-13-15-17-19-21-24-29(28-30-26-23-27-31-30)25-22-20-18-16-14-12-10-8-6-4-2;3*1-3-4-2;/h23,26,29H,3-22,24-25,28H2,1-2H3;3*1,3-4H2,2H3;. The Morgan fingerprint density at radius 2 is 0.773 bits per heavy atom. The maximum atomic E-state index is 2.69. The van der Waals surface area contributed by atoms with E-state index in [9.17, 15) is 0 Å². The van der Waals surface area contributed by atoms with E-state index in [1.165, 1.54) is 186 Å². The van der Waals surface area contributed by atoms with E-state index in [4.69, 9.17) is 0 Å². The molecule has 0 amide bonds. The fourth-order valence-electron chi connectivity index (χ4n) is 7.54. The zero-order valence-corrected chi connectivity index (χ0v) is 34.9. The van der Waals surface area contributed by atoms with Crippen LogP contribution in [0.1, 0.15) is 219 Å². The summed E-state index contributed by atoms with van der Waals surface area (Å²) in [5.41, 5.74) is 0. The van der Waals surface area contributed by atoms with Crippen LogP contribution < -0.4 is 2.89 Å². The number of hydrogen-bond donors (Lipinski definition) is 0. The molecule has 0 unspecified atom stereocenters. The van der Waals surface area contributed by atoms with Crippen molar-refractivity contribution in [1.82, 2.24) is 0 Å². The Morgan fingerprint density at radius 3 is 1.14 bits per heavy atom. The van der Waals surface area contributed by atoms with Gasteiger partial charge in [0, 0.05) is 0 Å². The van der Waals surface area contributed by atoms with Crippen molar-refractivity contribution in [1.29, 1.82) is 0 Å². The molecule has 0 spiro atoms. The second-order valence-electron chi connectivity index (χ2n) is 14.9. The molecule has 1 heterocycles. The molecule has 0 N–H and O–H groups in total. The van der Waals surface area contributed by atoms with Crippen LogP contribution in [0.25, 0.3) is 0 Å². The molecule has 0 aliphatic heterocycles. The molecule has 1 aromatic rings. The zero-order chi connectivity index (χ0) is 32.0. The molecule has 44 heavy (non-hydrogen) atoms. The normalized spacial score (nSPS) is 12.1. The Balaban J connectivity index is 2.67. The van der Waals surface area contributed by atoms with Crippen molar-refractivity contribution in [3.8, 4) is 0 Å². The number of unbranched alkanes of at least 4 members (excludes halogenated alkanes) is 21. The summed E-state index contributed by atoms with van der Waals surface area (Å²) in [4.78, 5) is 1.76. The monoisotopic (exact) mass is 739 g/mol. The first-order valence-electron chi connectivity index (χ1n) is 20.7. The van der Waals surface area contributed by atoms with Crippen LogP contribution in [-0.4, -0.2) is 18.4 Å². The molecule has 260 valence electrons. The molecule has 2 heteroatoms. The van der Waals surface area contributed by atoms with E-state index in [-0.39, 0.29) is 0 Å². The van der Waals surface area contributed by atoms with Gasteiger partial charge in [0.2, 0.25) is 0 Å². The van der Waals surface area contributed by atoms with Gasteiger partial charge in [0.05, 0.1) is 0 Å². The van der Waals surface area contributed by atoms with Gasteiger partial charge in [0.25, 0.3) is 0 Å². The molecule has 0 aromatic carbocycles. The van der Waals surface area contributed by atoms with Crippen LogP contribution in [0.15, 0.2) is 12.1 Å². The maximum absolute atomic E-state index is 2.69. The topological polar surface area (TPSA) is 0 Å². The van der Waals surface area contributed by atoms with Crippen molar-refractivity contribution in [2.75, 3.05) is 0 Å². The average molecular weight is 738 g/mol. The Bertz CT molecular complexity index is 663. The summed E-state index contributed by atoms with van der Waals surface area (Å²) in [5, 5.41) is 0. The molecule has 1 aromatic heterocycles. The molecular weight excluding hydrogens is 655 g/mol. The Morgan fingerprint density at radius 1 is 0.432 bits per heavy atom. The van der Waals surface area contributed by atoms with Crippen molar-refractivity contribution in [2.45, 2.75) is 234 Å². The van der Waals surface area contributed by atoms with Crippen LogP contribution in [0.3, 0.4) is 0 Å². The molecular formula is C42H82SSn. The molecule has 0 nitrogen and oxygen atoms in total. The van der Waals surface area contributed by atoms with Gasteiger partial charge < -0.3 is 0 Å². The van der Waals surface area contributed by atoms with Crippen LogP contribution in [0.4, 0.5) is 0 Å². The van der Waals surface area contributed by atoms with Crippen LogP contribution in [0.2, 0.25) is 13.3 Å². The van der Waals surface area contributed by atoms with Crippen LogP contribution >= 0.6 is 11.3 Å². The van der Waals surface area contributed by atoms with Crippen LogP contribution in [-0.2, 0) is 6.42 Å². The molecule has 0 saturated carbocycles. The van der Waals surface area contributed by atoms with Gasteiger partial charge in [0.1, 0.15) is 0 Å². The second-order valence-corrected chi connectivity index (χ2v) is 30.2. The fraction of sp³-hybridized carbons (Fsp3) is 0.905. The van der Waals surface area contributed by atoms with E-state index in [0.29, 0.717) is 0 Å². The first kappa shape index (κ1) is 42.5. The fourth-order valence-corrected chi connectivity index (χ4v) is 28.0. The van der Waals surface area contributed by atoms with E-state index in [1.54, 1.807) is 18.2 Å². The molecule has 0 saturated heterocycles. The van der Waals surface area contributed by atoms with Crippen LogP contribution in [0, 0.1) is 5.92 Å². The predicted molar refractivity (Wildman–Crippen MR) is 209 cm³/mol. The van der Waals surface area contributed by atoms with Gasteiger partial charge in [-0.15, -0.1) is 0 Å². The number of rotatable bonds is 34. The first-order chi connectivity index (χ1) is 21.7. The van der Waals surface area contributed by atoms with Gasteiger partial charge in [-0.2, -0.15) is 0 Å². The Kier molecular flexibility index (Phi) is 29.8. The molecule has 0 aliphatic carbocycles. The summed E-state index contributed by atoms with van der Waals surface area (Å²) < 4.78 is 6.81. The minimum atomic E-state index is -2.28. The zero-order valence-electron chi connectivity index (χ0n) is 31.3. The third kappa shape index (κ3) is 21.4. The summed E-state index contributed by atoms with van der Waals surface area (Å²) in [6, 6.07) is 5.31. The second kappa shape index (κ2) is 30.8. The SMILES string of the molecule is CCCCCCCCCCCCC(CCCCCCCCCCCC)Cc1cc[c]([Sn]([CH2]CCC)([CH2]CCC)[CH2]CCC)s1. The van der Waals surface area contributed by atoms with Gasteiger partial charge in [-0.25, -0.2) is 0 Å².